The first-order chi connectivity index (χ1) is 7.29. The van der Waals surface area contributed by atoms with Gasteiger partial charge in [-0.1, -0.05) is 6.07 Å². The lowest BCUT2D eigenvalue weighted by atomic mass is 10.1. The highest BCUT2D eigenvalue weighted by molar-refractivity contribution is 5.59. The number of pyridine rings is 1. The van der Waals surface area contributed by atoms with Crippen molar-refractivity contribution in [3.05, 3.63) is 54.0 Å². The van der Waals surface area contributed by atoms with Crippen LogP contribution in [0.25, 0.3) is 11.3 Å². The van der Waals surface area contributed by atoms with Gasteiger partial charge in [0.25, 0.3) is 0 Å². The second kappa shape index (κ2) is 4.19. The topological polar surface area (TPSA) is 38.9 Å². The Bertz CT molecular complexity index is 454. The third-order valence-corrected chi connectivity index (χ3v) is 2.15. The fourth-order valence-corrected chi connectivity index (χ4v) is 1.45. The van der Waals surface area contributed by atoms with Crippen LogP contribution < -0.4 is 5.73 Å². The molecule has 0 unspecified atom stereocenters. The molecule has 2 N–H and O–H groups in total. The molecule has 0 amide bonds. The number of hydrogen-bond donors (Lipinski definition) is 1. The molecule has 3 heteroatoms. The lowest BCUT2D eigenvalue weighted by Gasteiger charge is -2.03. The SMILES string of the molecule is NCc1cc(F)cc(-c2ccccn2)c1. The number of hydrogen-bond acceptors (Lipinski definition) is 2. The highest BCUT2D eigenvalue weighted by Gasteiger charge is 2.02. The first-order valence-corrected chi connectivity index (χ1v) is 4.70. The van der Waals surface area contributed by atoms with Crippen molar-refractivity contribution in [2.45, 2.75) is 6.54 Å². The Morgan fingerprint density at radius 3 is 2.73 bits per heavy atom. The first-order valence-electron chi connectivity index (χ1n) is 4.70. The standard InChI is InChI=1S/C12H11FN2/c13-11-6-9(8-14)5-10(7-11)12-3-1-2-4-15-12/h1-7H,8,14H2. The largest absolute Gasteiger partial charge is 0.326 e. The van der Waals surface area contributed by atoms with Gasteiger partial charge in [0.2, 0.25) is 0 Å². The number of rotatable bonds is 2. The number of nitrogens with zero attached hydrogens (tertiary/aromatic N) is 1. The second-order valence-electron chi connectivity index (χ2n) is 3.27. The summed E-state index contributed by atoms with van der Waals surface area (Å²) in [6.07, 6.45) is 1.68. The summed E-state index contributed by atoms with van der Waals surface area (Å²) in [5, 5.41) is 0. The zero-order valence-electron chi connectivity index (χ0n) is 8.15. The molecule has 2 nitrogen and oxygen atoms in total. The Morgan fingerprint density at radius 1 is 1.20 bits per heavy atom. The maximum absolute atomic E-state index is 13.2. The van der Waals surface area contributed by atoms with Gasteiger partial charge < -0.3 is 5.73 Å². The summed E-state index contributed by atoms with van der Waals surface area (Å²) in [4.78, 5) is 4.16. The lowest BCUT2D eigenvalue weighted by molar-refractivity contribution is 0.626. The predicted molar refractivity (Wildman–Crippen MR) is 57.5 cm³/mol. The monoisotopic (exact) mass is 202 g/mol. The van der Waals surface area contributed by atoms with Crippen molar-refractivity contribution in [2.75, 3.05) is 0 Å². The van der Waals surface area contributed by atoms with Gasteiger partial charge in [0.05, 0.1) is 5.69 Å². The number of nitrogens with two attached hydrogens (primary N) is 1. The molecule has 0 atom stereocenters. The summed E-state index contributed by atoms with van der Waals surface area (Å²) >= 11 is 0. The minimum absolute atomic E-state index is 0.279. The molecule has 15 heavy (non-hydrogen) atoms. The molecule has 2 rings (SSSR count). The zero-order chi connectivity index (χ0) is 10.7. The van der Waals surface area contributed by atoms with Gasteiger partial charge in [0, 0.05) is 18.3 Å². The molecule has 0 radical (unpaired) electrons. The van der Waals surface area contributed by atoms with Crippen LogP contribution in [0.4, 0.5) is 4.39 Å². The van der Waals surface area contributed by atoms with E-state index in [4.69, 9.17) is 5.73 Å². The van der Waals surface area contributed by atoms with Crippen molar-refractivity contribution in [1.82, 2.24) is 4.98 Å². The number of halogens is 1. The Hall–Kier alpha value is -1.74. The Morgan fingerprint density at radius 2 is 2.07 bits per heavy atom. The lowest BCUT2D eigenvalue weighted by Crippen LogP contribution is -1.97. The van der Waals surface area contributed by atoms with Gasteiger partial charge in [-0.2, -0.15) is 0 Å². The summed E-state index contributed by atoms with van der Waals surface area (Å²) in [6, 6.07) is 10.3. The average molecular weight is 202 g/mol. The molecule has 0 saturated heterocycles. The number of benzene rings is 1. The van der Waals surface area contributed by atoms with Crippen LogP contribution in [-0.2, 0) is 6.54 Å². The summed E-state index contributed by atoms with van der Waals surface area (Å²) in [5.74, 6) is -0.279. The molecule has 0 fully saturated rings. The van der Waals surface area contributed by atoms with Gasteiger partial charge >= 0.3 is 0 Å². The van der Waals surface area contributed by atoms with E-state index in [-0.39, 0.29) is 5.82 Å². The molecule has 1 aromatic carbocycles. The maximum atomic E-state index is 13.2. The van der Waals surface area contributed by atoms with Crippen LogP contribution in [0.2, 0.25) is 0 Å². The normalized spacial score (nSPS) is 10.3. The van der Waals surface area contributed by atoms with E-state index in [0.717, 1.165) is 16.8 Å². The number of aromatic nitrogens is 1. The Kier molecular flexibility index (Phi) is 2.74. The van der Waals surface area contributed by atoms with E-state index in [9.17, 15) is 4.39 Å². The van der Waals surface area contributed by atoms with Crippen LogP contribution >= 0.6 is 0 Å². The van der Waals surface area contributed by atoms with E-state index in [1.807, 2.05) is 24.3 Å². The molecule has 0 aliphatic carbocycles. The molecule has 1 heterocycles. The van der Waals surface area contributed by atoms with Crippen molar-refractivity contribution < 1.29 is 4.39 Å². The van der Waals surface area contributed by atoms with Gasteiger partial charge in [-0.25, -0.2) is 4.39 Å². The highest BCUT2D eigenvalue weighted by atomic mass is 19.1. The summed E-state index contributed by atoms with van der Waals surface area (Å²) in [5.41, 5.74) is 7.77. The van der Waals surface area contributed by atoms with Crippen LogP contribution in [0.1, 0.15) is 5.56 Å². The molecular formula is C12H11FN2. The Labute approximate surface area is 87.6 Å². The van der Waals surface area contributed by atoms with Crippen molar-refractivity contribution in [3.8, 4) is 11.3 Å². The summed E-state index contributed by atoms with van der Waals surface area (Å²) in [7, 11) is 0. The fourth-order valence-electron chi connectivity index (χ4n) is 1.45. The van der Waals surface area contributed by atoms with Gasteiger partial charge in [-0.3, -0.25) is 4.98 Å². The highest BCUT2D eigenvalue weighted by Crippen LogP contribution is 2.19. The molecule has 0 saturated carbocycles. The van der Waals surface area contributed by atoms with Crippen molar-refractivity contribution in [1.29, 1.82) is 0 Å². The van der Waals surface area contributed by atoms with Crippen molar-refractivity contribution in [2.24, 2.45) is 5.73 Å². The average Bonchev–Trinajstić information content (AvgIpc) is 2.29. The van der Waals surface area contributed by atoms with Crippen LogP contribution in [0.5, 0.6) is 0 Å². The first kappa shape index (κ1) is 9.80. The van der Waals surface area contributed by atoms with Crippen LogP contribution in [0.15, 0.2) is 42.6 Å². The van der Waals surface area contributed by atoms with E-state index in [0.29, 0.717) is 6.54 Å². The van der Waals surface area contributed by atoms with E-state index < -0.39 is 0 Å². The van der Waals surface area contributed by atoms with E-state index in [1.54, 1.807) is 6.20 Å². The van der Waals surface area contributed by atoms with Crippen molar-refractivity contribution in [3.63, 3.8) is 0 Å². The molecular weight excluding hydrogens is 191 g/mol. The molecule has 0 spiro atoms. The molecule has 0 aliphatic rings. The molecule has 0 bridgehead atoms. The molecule has 0 aliphatic heterocycles. The van der Waals surface area contributed by atoms with Gasteiger partial charge in [-0.15, -0.1) is 0 Å². The summed E-state index contributed by atoms with van der Waals surface area (Å²) < 4.78 is 13.2. The van der Waals surface area contributed by atoms with Crippen LogP contribution in [0.3, 0.4) is 0 Å². The van der Waals surface area contributed by atoms with E-state index in [2.05, 4.69) is 4.98 Å². The quantitative estimate of drug-likeness (QED) is 0.811. The maximum Gasteiger partial charge on any atom is 0.124 e. The van der Waals surface area contributed by atoms with Gasteiger partial charge in [0.1, 0.15) is 5.82 Å². The fraction of sp³-hybridized carbons (Fsp3) is 0.0833. The molecule has 2 aromatic rings. The second-order valence-corrected chi connectivity index (χ2v) is 3.27. The van der Waals surface area contributed by atoms with E-state index in [1.165, 1.54) is 12.1 Å². The predicted octanol–water partition coefficient (Wildman–Crippen LogP) is 2.35. The van der Waals surface area contributed by atoms with Gasteiger partial charge in [0.15, 0.2) is 0 Å². The Balaban J connectivity index is 2.49. The smallest absolute Gasteiger partial charge is 0.124 e. The van der Waals surface area contributed by atoms with Crippen LogP contribution in [-0.4, -0.2) is 4.98 Å². The molecule has 1 aromatic heterocycles. The van der Waals surface area contributed by atoms with Gasteiger partial charge in [-0.05, 0) is 35.9 Å². The van der Waals surface area contributed by atoms with Crippen LogP contribution in [0, 0.1) is 5.82 Å². The van der Waals surface area contributed by atoms with Crippen molar-refractivity contribution >= 4 is 0 Å². The molecule has 76 valence electrons. The third kappa shape index (κ3) is 2.19. The zero-order valence-corrected chi connectivity index (χ0v) is 8.15. The minimum atomic E-state index is -0.279. The van der Waals surface area contributed by atoms with E-state index >= 15 is 0 Å². The third-order valence-electron chi connectivity index (χ3n) is 2.15. The summed E-state index contributed by atoms with van der Waals surface area (Å²) in [6.45, 7) is 0.331. The minimum Gasteiger partial charge on any atom is -0.326 e.